The van der Waals surface area contributed by atoms with Gasteiger partial charge >= 0.3 is 0 Å². The summed E-state index contributed by atoms with van der Waals surface area (Å²) < 4.78 is 0. The molecule has 1 aliphatic heterocycles. The maximum absolute atomic E-state index is 13.1. The summed E-state index contributed by atoms with van der Waals surface area (Å²) in [4.78, 5) is 13.1. The molecule has 0 amide bonds. The molecule has 1 heterocycles. The van der Waals surface area contributed by atoms with Crippen molar-refractivity contribution < 1.29 is 4.79 Å². The van der Waals surface area contributed by atoms with Crippen molar-refractivity contribution in [3.63, 3.8) is 0 Å². The maximum Gasteiger partial charge on any atom is 0.193 e. The number of benzene rings is 3. The molecule has 3 aromatic carbocycles. The van der Waals surface area contributed by atoms with Crippen molar-refractivity contribution in [3.8, 4) is 11.1 Å². The van der Waals surface area contributed by atoms with Gasteiger partial charge in [-0.1, -0.05) is 36.4 Å². The van der Waals surface area contributed by atoms with Gasteiger partial charge in [-0.05, 0) is 47.9 Å². The van der Waals surface area contributed by atoms with Gasteiger partial charge in [0.25, 0.3) is 0 Å². The summed E-state index contributed by atoms with van der Waals surface area (Å²) >= 11 is 0. The Morgan fingerprint density at radius 1 is 0.917 bits per heavy atom. The number of anilines is 2. The molecule has 3 N–H and O–H groups in total. The van der Waals surface area contributed by atoms with Gasteiger partial charge in [0.2, 0.25) is 0 Å². The lowest BCUT2D eigenvalue weighted by Crippen LogP contribution is -2.06. The zero-order chi connectivity index (χ0) is 16.5. The van der Waals surface area contributed by atoms with Crippen LogP contribution in [0.2, 0.25) is 0 Å². The number of nitrogen functional groups attached to an aromatic ring is 1. The van der Waals surface area contributed by atoms with Gasteiger partial charge < -0.3 is 11.1 Å². The van der Waals surface area contributed by atoms with Gasteiger partial charge in [0.15, 0.2) is 5.78 Å². The van der Waals surface area contributed by atoms with E-state index in [2.05, 4.69) is 17.4 Å². The molecule has 3 heteroatoms. The summed E-state index contributed by atoms with van der Waals surface area (Å²) in [7, 11) is 0. The SMILES string of the molecule is Nc1ccc(C(=O)c2cccc3c2-c2ccccc2CCN3)cc1. The fourth-order valence-electron chi connectivity index (χ4n) is 3.28. The molecular formula is C21H18N2O. The highest BCUT2D eigenvalue weighted by Gasteiger charge is 2.21. The van der Waals surface area contributed by atoms with Crippen LogP contribution in [0.25, 0.3) is 11.1 Å². The molecule has 3 aromatic rings. The monoisotopic (exact) mass is 314 g/mol. The van der Waals surface area contributed by atoms with Crippen molar-refractivity contribution in [2.45, 2.75) is 6.42 Å². The van der Waals surface area contributed by atoms with Crippen molar-refractivity contribution >= 4 is 17.2 Å². The average Bonchev–Trinajstić information content (AvgIpc) is 2.81. The highest BCUT2D eigenvalue weighted by atomic mass is 16.1. The smallest absolute Gasteiger partial charge is 0.193 e. The quantitative estimate of drug-likeness (QED) is 0.552. The zero-order valence-electron chi connectivity index (χ0n) is 13.3. The largest absolute Gasteiger partial charge is 0.399 e. The van der Waals surface area contributed by atoms with Crippen LogP contribution in [0.15, 0.2) is 66.7 Å². The molecule has 24 heavy (non-hydrogen) atoms. The summed E-state index contributed by atoms with van der Waals surface area (Å²) in [5.41, 5.74) is 12.2. The average molecular weight is 314 g/mol. The second-order valence-corrected chi connectivity index (χ2v) is 6.01. The number of carbonyl (C=O) groups excluding carboxylic acids is 1. The van der Waals surface area contributed by atoms with Crippen LogP contribution < -0.4 is 11.1 Å². The zero-order valence-corrected chi connectivity index (χ0v) is 13.3. The van der Waals surface area contributed by atoms with Gasteiger partial charge in [0.1, 0.15) is 0 Å². The topological polar surface area (TPSA) is 55.1 Å². The van der Waals surface area contributed by atoms with E-state index in [-0.39, 0.29) is 5.78 Å². The Labute approximate surface area is 141 Å². The fourth-order valence-corrected chi connectivity index (χ4v) is 3.28. The van der Waals surface area contributed by atoms with Gasteiger partial charge in [-0.3, -0.25) is 4.79 Å². The summed E-state index contributed by atoms with van der Waals surface area (Å²) in [6, 6.07) is 21.3. The first-order chi connectivity index (χ1) is 11.7. The minimum atomic E-state index is 0.0188. The predicted molar refractivity (Wildman–Crippen MR) is 98.4 cm³/mol. The standard InChI is InChI=1S/C21H18N2O/c22-16-10-8-15(9-11-16)21(24)18-6-3-7-19-20(18)17-5-2-1-4-14(17)12-13-23-19/h1-11,23H,12-13,22H2. The van der Waals surface area contributed by atoms with Crippen molar-refractivity contribution in [1.82, 2.24) is 0 Å². The van der Waals surface area contributed by atoms with Crippen LogP contribution in [0.3, 0.4) is 0 Å². The molecule has 0 aliphatic carbocycles. The number of nitrogens with two attached hydrogens (primary N) is 1. The lowest BCUT2D eigenvalue weighted by Gasteiger charge is -2.14. The molecule has 0 saturated heterocycles. The first-order valence-electron chi connectivity index (χ1n) is 8.09. The van der Waals surface area contributed by atoms with Gasteiger partial charge in [-0.25, -0.2) is 0 Å². The number of hydrogen-bond donors (Lipinski definition) is 2. The van der Waals surface area contributed by atoms with E-state index in [1.165, 1.54) is 5.56 Å². The predicted octanol–water partition coefficient (Wildman–Crippen LogP) is 4.13. The van der Waals surface area contributed by atoms with E-state index in [1.807, 2.05) is 30.3 Å². The highest BCUT2D eigenvalue weighted by molar-refractivity contribution is 6.14. The van der Waals surface area contributed by atoms with E-state index in [1.54, 1.807) is 24.3 Å². The van der Waals surface area contributed by atoms with E-state index in [0.717, 1.165) is 35.3 Å². The molecule has 0 unspecified atom stereocenters. The number of nitrogens with one attached hydrogen (secondary N) is 1. The van der Waals surface area contributed by atoms with E-state index < -0.39 is 0 Å². The molecule has 4 rings (SSSR count). The number of hydrogen-bond acceptors (Lipinski definition) is 3. The van der Waals surface area contributed by atoms with E-state index in [9.17, 15) is 4.79 Å². The van der Waals surface area contributed by atoms with Gasteiger partial charge in [0.05, 0.1) is 0 Å². The molecule has 0 radical (unpaired) electrons. The number of fused-ring (bicyclic) bond motifs is 3. The molecule has 3 nitrogen and oxygen atoms in total. The van der Waals surface area contributed by atoms with Crippen LogP contribution in [-0.4, -0.2) is 12.3 Å². The Morgan fingerprint density at radius 3 is 2.54 bits per heavy atom. The lowest BCUT2D eigenvalue weighted by atomic mass is 9.90. The Kier molecular flexibility index (Phi) is 3.54. The number of ketones is 1. The van der Waals surface area contributed by atoms with E-state index >= 15 is 0 Å². The Hall–Kier alpha value is -3.07. The van der Waals surface area contributed by atoms with Crippen LogP contribution in [0.4, 0.5) is 11.4 Å². The molecule has 0 saturated carbocycles. The Bertz CT molecular complexity index is 913. The van der Waals surface area contributed by atoms with Gasteiger partial charge in [0, 0.05) is 34.6 Å². The third kappa shape index (κ3) is 2.44. The third-order valence-corrected chi connectivity index (χ3v) is 4.48. The lowest BCUT2D eigenvalue weighted by molar-refractivity contribution is 0.103. The van der Waals surface area contributed by atoms with Crippen molar-refractivity contribution in [2.24, 2.45) is 0 Å². The van der Waals surface area contributed by atoms with Crippen LogP contribution in [0, 0.1) is 0 Å². The first kappa shape index (κ1) is 14.5. The van der Waals surface area contributed by atoms with Crippen molar-refractivity contribution in [2.75, 3.05) is 17.6 Å². The fraction of sp³-hybridized carbons (Fsp3) is 0.0952. The van der Waals surface area contributed by atoms with E-state index in [4.69, 9.17) is 5.73 Å². The molecule has 1 aliphatic rings. The molecule has 118 valence electrons. The minimum absolute atomic E-state index is 0.0188. The summed E-state index contributed by atoms with van der Waals surface area (Å²) in [6.45, 7) is 0.865. The third-order valence-electron chi connectivity index (χ3n) is 4.48. The van der Waals surface area contributed by atoms with Crippen LogP contribution >= 0.6 is 0 Å². The van der Waals surface area contributed by atoms with Gasteiger partial charge in [-0.15, -0.1) is 0 Å². The second-order valence-electron chi connectivity index (χ2n) is 6.01. The van der Waals surface area contributed by atoms with Crippen LogP contribution in [-0.2, 0) is 6.42 Å². The second kappa shape index (κ2) is 5.85. The number of carbonyl (C=O) groups is 1. The summed E-state index contributed by atoms with van der Waals surface area (Å²) in [5, 5.41) is 3.46. The first-order valence-corrected chi connectivity index (χ1v) is 8.09. The maximum atomic E-state index is 13.1. The molecule has 0 aromatic heterocycles. The van der Waals surface area contributed by atoms with Crippen molar-refractivity contribution in [1.29, 1.82) is 0 Å². The Morgan fingerprint density at radius 2 is 1.71 bits per heavy atom. The van der Waals surface area contributed by atoms with Crippen LogP contribution in [0.5, 0.6) is 0 Å². The highest BCUT2D eigenvalue weighted by Crippen LogP contribution is 2.37. The van der Waals surface area contributed by atoms with Crippen LogP contribution in [0.1, 0.15) is 21.5 Å². The molecule has 0 bridgehead atoms. The van der Waals surface area contributed by atoms with Crippen molar-refractivity contribution in [3.05, 3.63) is 83.4 Å². The molecular weight excluding hydrogens is 296 g/mol. The summed E-state index contributed by atoms with van der Waals surface area (Å²) in [5.74, 6) is 0.0188. The molecule has 0 fully saturated rings. The minimum Gasteiger partial charge on any atom is -0.399 e. The summed E-state index contributed by atoms with van der Waals surface area (Å²) in [6.07, 6.45) is 0.945. The molecule has 0 spiro atoms. The Balaban J connectivity index is 1.91. The normalized spacial score (nSPS) is 12.5. The molecule has 0 atom stereocenters. The van der Waals surface area contributed by atoms with Gasteiger partial charge in [-0.2, -0.15) is 0 Å². The number of rotatable bonds is 2. The van der Waals surface area contributed by atoms with E-state index in [0.29, 0.717) is 11.3 Å².